The molecule has 0 saturated carbocycles. The van der Waals surface area contributed by atoms with Crippen molar-refractivity contribution in [2.24, 2.45) is 0 Å². The lowest BCUT2D eigenvalue weighted by atomic mass is 9.97. The highest BCUT2D eigenvalue weighted by Gasteiger charge is 2.60. The Bertz CT molecular complexity index is 790. The average Bonchev–Trinajstić information content (AvgIpc) is 2.96. The summed E-state index contributed by atoms with van der Waals surface area (Å²) < 4.78 is 10.1. The molecule has 1 fully saturated rings. The third-order valence-corrected chi connectivity index (χ3v) is 4.56. The van der Waals surface area contributed by atoms with E-state index in [4.69, 9.17) is 9.47 Å². The van der Waals surface area contributed by atoms with Crippen LogP contribution in [0.4, 0.5) is 5.69 Å². The zero-order valence-corrected chi connectivity index (χ0v) is 14.9. The van der Waals surface area contributed by atoms with Crippen molar-refractivity contribution in [3.8, 4) is 0 Å². The number of anilines is 1. The molecule has 1 atom stereocenters. The molecule has 1 saturated heterocycles. The van der Waals surface area contributed by atoms with Gasteiger partial charge in [0.15, 0.2) is 6.61 Å². The fraction of sp³-hybridized carbons (Fsp3) is 0.444. The SMILES string of the molecule is CC(C)OC(=O)COC(=O)[C@@]12CCC(=O)N1c1ccccc1C(=O)N2C. The van der Waals surface area contributed by atoms with E-state index < -0.39 is 24.2 Å². The second-order valence-corrected chi connectivity index (χ2v) is 6.54. The minimum atomic E-state index is -1.58. The maximum atomic E-state index is 12.9. The number of esters is 2. The number of hydrogen-bond donors (Lipinski definition) is 0. The molecule has 0 radical (unpaired) electrons. The summed E-state index contributed by atoms with van der Waals surface area (Å²) in [5.41, 5.74) is -0.867. The summed E-state index contributed by atoms with van der Waals surface area (Å²) in [6, 6.07) is 6.62. The van der Waals surface area contributed by atoms with Crippen molar-refractivity contribution in [2.45, 2.75) is 38.5 Å². The first-order valence-corrected chi connectivity index (χ1v) is 8.36. The molecule has 0 spiro atoms. The van der Waals surface area contributed by atoms with Crippen molar-refractivity contribution in [1.82, 2.24) is 4.90 Å². The van der Waals surface area contributed by atoms with Crippen LogP contribution in [0.3, 0.4) is 0 Å². The number of para-hydroxylation sites is 1. The zero-order valence-electron chi connectivity index (χ0n) is 14.9. The van der Waals surface area contributed by atoms with E-state index in [0.717, 1.165) is 0 Å². The Balaban J connectivity index is 1.94. The van der Waals surface area contributed by atoms with Crippen LogP contribution < -0.4 is 4.90 Å². The molecule has 2 heterocycles. The number of likely N-dealkylation sites (N-methyl/N-ethyl adjacent to an activating group) is 1. The Morgan fingerprint density at radius 1 is 1.23 bits per heavy atom. The van der Waals surface area contributed by atoms with Crippen LogP contribution in [0.15, 0.2) is 24.3 Å². The first kappa shape index (κ1) is 17.9. The summed E-state index contributed by atoms with van der Waals surface area (Å²) in [5.74, 6) is -2.17. The van der Waals surface area contributed by atoms with E-state index in [9.17, 15) is 19.2 Å². The number of rotatable bonds is 4. The van der Waals surface area contributed by atoms with Gasteiger partial charge in [-0.1, -0.05) is 12.1 Å². The number of nitrogens with zero attached hydrogens (tertiary/aromatic N) is 2. The van der Waals surface area contributed by atoms with Crippen molar-refractivity contribution in [3.05, 3.63) is 29.8 Å². The zero-order chi connectivity index (χ0) is 19.1. The van der Waals surface area contributed by atoms with Gasteiger partial charge in [-0.2, -0.15) is 0 Å². The molecule has 2 aliphatic rings. The molecule has 0 unspecified atom stereocenters. The number of carbonyl (C=O) groups is 4. The molecular weight excluding hydrogens is 340 g/mol. The standard InChI is InChI=1S/C18H20N2O6/c1-11(2)26-15(22)10-25-17(24)18-9-8-14(21)20(18)13-7-5-4-6-12(13)16(23)19(18)3/h4-7,11H,8-10H2,1-3H3/t18-/m1/s1. The van der Waals surface area contributed by atoms with Gasteiger partial charge in [-0.3, -0.25) is 14.5 Å². The van der Waals surface area contributed by atoms with E-state index in [1.54, 1.807) is 38.1 Å². The van der Waals surface area contributed by atoms with Gasteiger partial charge in [-0.15, -0.1) is 0 Å². The Kier molecular flexibility index (Phi) is 4.43. The fourth-order valence-corrected chi connectivity index (χ4v) is 3.43. The highest BCUT2D eigenvalue weighted by atomic mass is 16.6. The molecule has 2 aliphatic heterocycles. The summed E-state index contributed by atoms with van der Waals surface area (Å²) in [5, 5.41) is 0. The van der Waals surface area contributed by atoms with Gasteiger partial charge in [-0.25, -0.2) is 9.59 Å². The third-order valence-electron chi connectivity index (χ3n) is 4.56. The van der Waals surface area contributed by atoms with Gasteiger partial charge in [0, 0.05) is 19.9 Å². The molecule has 1 aromatic rings. The van der Waals surface area contributed by atoms with Gasteiger partial charge in [0.2, 0.25) is 11.6 Å². The minimum absolute atomic E-state index is 0.0947. The largest absolute Gasteiger partial charge is 0.460 e. The molecule has 0 N–H and O–H groups in total. The fourth-order valence-electron chi connectivity index (χ4n) is 3.43. The van der Waals surface area contributed by atoms with Crippen molar-refractivity contribution in [2.75, 3.05) is 18.6 Å². The quantitative estimate of drug-likeness (QED) is 0.746. The van der Waals surface area contributed by atoms with E-state index in [1.165, 1.54) is 16.8 Å². The molecule has 0 bridgehead atoms. The van der Waals surface area contributed by atoms with Crippen LogP contribution in [-0.4, -0.2) is 54.1 Å². The summed E-state index contributed by atoms with van der Waals surface area (Å²) in [7, 11) is 1.46. The van der Waals surface area contributed by atoms with Crippen molar-refractivity contribution < 1.29 is 28.7 Å². The van der Waals surface area contributed by atoms with E-state index in [0.29, 0.717) is 11.3 Å². The monoisotopic (exact) mass is 360 g/mol. The smallest absolute Gasteiger partial charge is 0.354 e. The maximum Gasteiger partial charge on any atom is 0.354 e. The molecule has 8 heteroatoms. The van der Waals surface area contributed by atoms with E-state index in [-0.39, 0.29) is 30.8 Å². The van der Waals surface area contributed by atoms with Gasteiger partial charge >= 0.3 is 11.9 Å². The number of hydrogen-bond acceptors (Lipinski definition) is 6. The van der Waals surface area contributed by atoms with Crippen LogP contribution in [0.1, 0.15) is 37.0 Å². The van der Waals surface area contributed by atoms with Crippen molar-refractivity contribution in [1.29, 1.82) is 0 Å². The van der Waals surface area contributed by atoms with Crippen LogP contribution >= 0.6 is 0 Å². The van der Waals surface area contributed by atoms with E-state index >= 15 is 0 Å². The third kappa shape index (κ3) is 2.61. The van der Waals surface area contributed by atoms with Crippen molar-refractivity contribution in [3.63, 3.8) is 0 Å². The second-order valence-electron chi connectivity index (χ2n) is 6.54. The summed E-state index contributed by atoms with van der Waals surface area (Å²) in [6.07, 6.45) is -0.146. The molecule has 3 rings (SSSR count). The summed E-state index contributed by atoms with van der Waals surface area (Å²) in [4.78, 5) is 52.3. The van der Waals surface area contributed by atoms with Gasteiger partial charge in [0.25, 0.3) is 5.91 Å². The summed E-state index contributed by atoms with van der Waals surface area (Å²) >= 11 is 0. The second kappa shape index (κ2) is 6.44. The van der Waals surface area contributed by atoms with Gasteiger partial charge in [-0.05, 0) is 26.0 Å². The normalized spacial score (nSPS) is 21.5. The molecule has 138 valence electrons. The Morgan fingerprint density at radius 2 is 1.92 bits per heavy atom. The maximum absolute atomic E-state index is 12.9. The molecule has 0 aliphatic carbocycles. The summed E-state index contributed by atoms with van der Waals surface area (Å²) in [6.45, 7) is 2.78. The van der Waals surface area contributed by atoms with Gasteiger partial charge in [0.05, 0.1) is 17.4 Å². The first-order chi connectivity index (χ1) is 12.3. The van der Waals surface area contributed by atoms with E-state index in [1.807, 2.05) is 0 Å². The lowest BCUT2D eigenvalue weighted by Gasteiger charge is -2.46. The number of carbonyl (C=O) groups excluding carboxylic acids is 4. The lowest BCUT2D eigenvalue weighted by molar-refractivity contribution is -0.167. The Morgan fingerprint density at radius 3 is 2.62 bits per heavy atom. The van der Waals surface area contributed by atoms with Gasteiger partial charge in [0.1, 0.15) is 0 Å². The number of benzene rings is 1. The average molecular weight is 360 g/mol. The number of amides is 2. The van der Waals surface area contributed by atoms with Crippen LogP contribution in [-0.2, 0) is 23.9 Å². The number of fused-ring (bicyclic) bond motifs is 3. The highest BCUT2D eigenvalue weighted by molar-refractivity contribution is 6.15. The Labute approximate surface area is 150 Å². The highest BCUT2D eigenvalue weighted by Crippen LogP contribution is 2.44. The predicted octanol–water partition coefficient (Wildman–Crippen LogP) is 1.09. The Hall–Kier alpha value is -2.90. The molecule has 1 aromatic carbocycles. The molecule has 0 aromatic heterocycles. The minimum Gasteiger partial charge on any atom is -0.460 e. The van der Waals surface area contributed by atoms with Crippen LogP contribution in [0.2, 0.25) is 0 Å². The number of ether oxygens (including phenoxy) is 2. The van der Waals surface area contributed by atoms with E-state index in [2.05, 4.69) is 0 Å². The van der Waals surface area contributed by atoms with Gasteiger partial charge < -0.3 is 14.4 Å². The lowest BCUT2D eigenvalue weighted by Crippen LogP contribution is -2.67. The van der Waals surface area contributed by atoms with Crippen molar-refractivity contribution >= 4 is 29.4 Å². The van der Waals surface area contributed by atoms with Crippen LogP contribution in [0.5, 0.6) is 0 Å². The predicted molar refractivity (Wildman–Crippen MR) is 90.2 cm³/mol. The topological polar surface area (TPSA) is 93.2 Å². The molecule has 26 heavy (non-hydrogen) atoms. The van der Waals surface area contributed by atoms with Crippen LogP contribution in [0.25, 0.3) is 0 Å². The molecule has 2 amide bonds. The van der Waals surface area contributed by atoms with Crippen LogP contribution in [0, 0.1) is 0 Å². The molecule has 8 nitrogen and oxygen atoms in total. The molecular formula is C18H20N2O6. The first-order valence-electron chi connectivity index (χ1n) is 8.36.